The van der Waals surface area contributed by atoms with Crippen LogP contribution in [0.25, 0.3) is 0 Å². The summed E-state index contributed by atoms with van der Waals surface area (Å²) >= 11 is 1.34. The maximum absolute atomic E-state index is 13.0. The van der Waals surface area contributed by atoms with Gasteiger partial charge in [0.05, 0.1) is 18.8 Å². The van der Waals surface area contributed by atoms with Crippen molar-refractivity contribution in [3.05, 3.63) is 59.2 Å². The summed E-state index contributed by atoms with van der Waals surface area (Å²) in [5.41, 5.74) is 4.77. The van der Waals surface area contributed by atoms with Crippen molar-refractivity contribution in [3.8, 4) is 0 Å². The fourth-order valence-corrected chi connectivity index (χ4v) is 4.41. The van der Waals surface area contributed by atoms with Gasteiger partial charge in [0, 0.05) is 19.2 Å². The number of aliphatic imine (C=N–C) groups is 1. The van der Waals surface area contributed by atoms with Gasteiger partial charge in [-0.3, -0.25) is 14.5 Å². The summed E-state index contributed by atoms with van der Waals surface area (Å²) in [5, 5.41) is 3.01. The highest BCUT2D eigenvalue weighted by Gasteiger charge is 2.39. The number of rotatable bonds is 7. The minimum Gasteiger partial charge on any atom is -0.383 e. The SMILES string of the molecule is COCCN1C(=O)[C@H](CC(=O)Nc2ccccc2C)SC1=Nc1ccc(C)cc1C. The van der Waals surface area contributed by atoms with Gasteiger partial charge in [-0.2, -0.15) is 0 Å². The summed E-state index contributed by atoms with van der Waals surface area (Å²) in [6.45, 7) is 6.78. The molecular weight excluding hydrogens is 398 g/mol. The number of methoxy groups -OCH3 is 1. The number of aryl methyl sites for hydroxylation is 3. The fourth-order valence-electron chi connectivity index (χ4n) is 3.23. The smallest absolute Gasteiger partial charge is 0.242 e. The lowest BCUT2D eigenvalue weighted by Gasteiger charge is -2.16. The number of nitrogens with one attached hydrogen (secondary N) is 1. The Bertz CT molecular complexity index is 974. The quantitative estimate of drug-likeness (QED) is 0.721. The van der Waals surface area contributed by atoms with Gasteiger partial charge in [-0.05, 0) is 44.0 Å². The number of ether oxygens (including phenoxy) is 1. The molecule has 1 N–H and O–H groups in total. The molecule has 0 unspecified atom stereocenters. The van der Waals surface area contributed by atoms with Crippen LogP contribution in [0.1, 0.15) is 23.1 Å². The van der Waals surface area contributed by atoms with E-state index in [0.717, 1.165) is 28.1 Å². The molecule has 0 bridgehead atoms. The van der Waals surface area contributed by atoms with Gasteiger partial charge in [0.25, 0.3) is 0 Å². The second-order valence-corrected chi connectivity index (χ2v) is 8.51. The van der Waals surface area contributed by atoms with E-state index >= 15 is 0 Å². The molecule has 1 saturated heterocycles. The number of hydrogen-bond donors (Lipinski definition) is 1. The zero-order valence-electron chi connectivity index (χ0n) is 17.8. The Labute approximate surface area is 181 Å². The van der Waals surface area contributed by atoms with E-state index in [1.165, 1.54) is 11.8 Å². The van der Waals surface area contributed by atoms with Gasteiger partial charge in [-0.1, -0.05) is 47.7 Å². The predicted octanol–water partition coefficient (Wildman–Crippen LogP) is 4.22. The summed E-state index contributed by atoms with van der Waals surface area (Å²) in [7, 11) is 1.60. The third kappa shape index (κ3) is 5.29. The summed E-state index contributed by atoms with van der Waals surface area (Å²) in [4.78, 5) is 31.9. The van der Waals surface area contributed by atoms with Crippen LogP contribution in [-0.4, -0.2) is 47.4 Å². The topological polar surface area (TPSA) is 71.0 Å². The van der Waals surface area contributed by atoms with Crippen molar-refractivity contribution in [1.82, 2.24) is 4.90 Å². The van der Waals surface area contributed by atoms with Crippen LogP contribution in [0.5, 0.6) is 0 Å². The Balaban J connectivity index is 1.77. The average molecular weight is 426 g/mol. The number of amidine groups is 1. The molecule has 2 aromatic rings. The third-order valence-electron chi connectivity index (χ3n) is 4.90. The van der Waals surface area contributed by atoms with Crippen molar-refractivity contribution in [1.29, 1.82) is 0 Å². The van der Waals surface area contributed by atoms with Crippen molar-refractivity contribution in [2.45, 2.75) is 32.4 Å². The van der Waals surface area contributed by atoms with Gasteiger partial charge < -0.3 is 10.1 Å². The van der Waals surface area contributed by atoms with Gasteiger partial charge in [0.1, 0.15) is 5.25 Å². The van der Waals surface area contributed by atoms with E-state index in [0.29, 0.717) is 18.3 Å². The molecule has 1 fully saturated rings. The predicted molar refractivity (Wildman–Crippen MR) is 122 cm³/mol. The average Bonchev–Trinajstić information content (AvgIpc) is 2.98. The van der Waals surface area contributed by atoms with Crippen molar-refractivity contribution in [2.24, 2.45) is 4.99 Å². The molecule has 2 amide bonds. The van der Waals surface area contributed by atoms with Crippen LogP contribution in [0.3, 0.4) is 0 Å². The molecule has 0 radical (unpaired) electrons. The van der Waals surface area contributed by atoms with Gasteiger partial charge in [-0.15, -0.1) is 0 Å². The minimum atomic E-state index is -0.504. The third-order valence-corrected chi connectivity index (χ3v) is 6.07. The maximum Gasteiger partial charge on any atom is 0.242 e. The number of nitrogens with zero attached hydrogens (tertiary/aromatic N) is 2. The van der Waals surface area contributed by atoms with Crippen LogP contribution < -0.4 is 5.32 Å². The molecule has 0 saturated carbocycles. The first-order valence-corrected chi connectivity index (χ1v) is 10.8. The first kappa shape index (κ1) is 22.1. The van der Waals surface area contributed by atoms with Crippen LogP contribution in [0.15, 0.2) is 47.5 Å². The van der Waals surface area contributed by atoms with Crippen LogP contribution >= 0.6 is 11.8 Å². The molecule has 0 spiro atoms. The lowest BCUT2D eigenvalue weighted by atomic mass is 10.1. The second-order valence-electron chi connectivity index (χ2n) is 7.34. The first-order chi connectivity index (χ1) is 14.4. The van der Waals surface area contributed by atoms with E-state index in [1.54, 1.807) is 12.0 Å². The number of carbonyl (C=O) groups excluding carboxylic acids is 2. The normalized spacial score (nSPS) is 17.6. The molecule has 0 aromatic heterocycles. The van der Waals surface area contributed by atoms with Gasteiger partial charge >= 0.3 is 0 Å². The highest BCUT2D eigenvalue weighted by molar-refractivity contribution is 8.15. The standard InChI is InChI=1S/C23H27N3O3S/c1-15-9-10-19(17(3)13-15)25-23-26(11-12-29-4)22(28)20(30-23)14-21(27)24-18-8-6-5-7-16(18)2/h5-10,13,20H,11-12,14H2,1-4H3,(H,24,27)/t20-/m0/s1. The van der Waals surface area contributed by atoms with Crippen LogP contribution in [-0.2, 0) is 14.3 Å². The lowest BCUT2D eigenvalue weighted by Crippen LogP contribution is -2.35. The van der Waals surface area contributed by atoms with Gasteiger partial charge in [0.15, 0.2) is 5.17 Å². The largest absolute Gasteiger partial charge is 0.383 e. The minimum absolute atomic E-state index is 0.0905. The van der Waals surface area contributed by atoms with Crippen molar-refractivity contribution < 1.29 is 14.3 Å². The Hall–Kier alpha value is -2.64. The summed E-state index contributed by atoms with van der Waals surface area (Å²) in [6, 6.07) is 13.6. The molecule has 1 aliphatic rings. The number of benzene rings is 2. The van der Waals surface area contributed by atoms with Crippen molar-refractivity contribution in [3.63, 3.8) is 0 Å². The number of thioether (sulfide) groups is 1. The first-order valence-electron chi connectivity index (χ1n) is 9.87. The molecule has 6 nitrogen and oxygen atoms in total. The zero-order chi connectivity index (χ0) is 21.7. The van der Waals surface area contributed by atoms with E-state index in [1.807, 2.05) is 57.2 Å². The van der Waals surface area contributed by atoms with E-state index in [-0.39, 0.29) is 18.2 Å². The molecule has 3 rings (SSSR count). The highest BCUT2D eigenvalue weighted by Crippen LogP contribution is 2.33. The molecular formula is C23H27N3O3S. The Morgan fingerprint density at radius 1 is 1.17 bits per heavy atom. The summed E-state index contributed by atoms with van der Waals surface area (Å²) in [5.74, 6) is -0.296. The van der Waals surface area contributed by atoms with E-state index in [9.17, 15) is 9.59 Å². The molecule has 158 valence electrons. The summed E-state index contributed by atoms with van der Waals surface area (Å²) < 4.78 is 5.16. The monoisotopic (exact) mass is 425 g/mol. The molecule has 7 heteroatoms. The van der Waals surface area contributed by atoms with Crippen LogP contribution in [0, 0.1) is 20.8 Å². The lowest BCUT2D eigenvalue weighted by molar-refractivity contribution is -0.128. The van der Waals surface area contributed by atoms with Crippen LogP contribution in [0.2, 0.25) is 0 Å². The van der Waals surface area contributed by atoms with Gasteiger partial charge in [-0.25, -0.2) is 4.99 Å². The Morgan fingerprint density at radius 3 is 2.63 bits per heavy atom. The molecule has 0 aliphatic carbocycles. The van der Waals surface area contributed by atoms with E-state index in [2.05, 4.69) is 11.4 Å². The molecule has 1 aliphatic heterocycles. The molecule has 1 heterocycles. The fraction of sp³-hybridized carbons (Fsp3) is 0.348. The van der Waals surface area contributed by atoms with E-state index in [4.69, 9.17) is 9.73 Å². The number of amides is 2. The van der Waals surface area contributed by atoms with Crippen LogP contribution in [0.4, 0.5) is 11.4 Å². The zero-order valence-corrected chi connectivity index (χ0v) is 18.6. The molecule has 1 atom stereocenters. The molecule has 2 aromatic carbocycles. The van der Waals surface area contributed by atoms with Crippen molar-refractivity contribution >= 4 is 40.1 Å². The van der Waals surface area contributed by atoms with Crippen molar-refractivity contribution in [2.75, 3.05) is 25.6 Å². The number of hydrogen-bond acceptors (Lipinski definition) is 5. The highest BCUT2D eigenvalue weighted by atomic mass is 32.2. The van der Waals surface area contributed by atoms with E-state index < -0.39 is 5.25 Å². The Morgan fingerprint density at radius 2 is 1.93 bits per heavy atom. The molecule has 30 heavy (non-hydrogen) atoms. The number of para-hydroxylation sites is 1. The van der Waals surface area contributed by atoms with Gasteiger partial charge in [0.2, 0.25) is 11.8 Å². The maximum atomic E-state index is 13.0. The Kier molecular flexibility index (Phi) is 7.29. The second kappa shape index (κ2) is 9.91. The number of anilines is 1. The summed E-state index contributed by atoms with van der Waals surface area (Å²) in [6.07, 6.45) is 0.0905. The number of carbonyl (C=O) groups is 2.